The lowest BCUT2D eigenvalue weighted by Crippen LogP contribution is -2.29. The summed E-state index contributed by atoms with van der Waals surface area (Å²) in [5, 5.41) is 3.67. The van der Waals surface area contributed by atoms with Crippen molar-refractivity contribution in [2.45, 2.75) is 65.0 Å². The van der Waals surface area contributed by atoms with Crippen molar-refractivity contribution in [1.82, 2.24) is 15.3 Å². The van der Waals surface area contributed by atoms with Crippen LogP contribution in [-0.4, -0.2) is 21.9 Å². The Labute approximate surface area is 183 Å². The van der Waals surface area contributed by atoms with Crippen LogP contribution in [-0.2, 0) is 0 Å². The minimum atomic E-state index is -3.07. The van der Waals surface area contributed by atoms with Crippen LogP contribution in [0.2, 0.25) is 0 Å². The van der Waals surface area contributed by atoms with Gasteiger partial charge in [0, 0.05) is 22.9 Å². The SMILES string of the molecule is C=C/C=C1\C(=C)C(C)=C(/C=C(C)/C(C)=C/c2nc(C3NC4CCC3C4)[nH]c2C)C1(F)F. The highest BCUT2D eigenvalue weighted by atomic mass is 19.3. The average Bonchev–Trinajstić information content (AvgIpc) is 3.47. The van der Waals surface area contributed by atoms with Gasteiger partial charge < -0.3 is 10.3 Å². The fourth-order valence-electron chi connectivity index (χ4n) is 5.05. The molecular weight excluding hydrogens is 392 g/mol. The van der Waals surface area contributed by atoms with E-state index in [-0.39, 0.29) is 11.1 Å². The van der Waals surface area contributed by atoms with E-state index >= 15 is 8.78 Å². The highest BCUT2D eigenvalue weighted by molar-refractivity contribution is 5.66. The maximum absolute atomic E-state index is 15.0. The topological polar surface area (TPSA) is 40.7 Å². The number of rotatable bonds is 5. The van der Waals surface area contributed by atoms with Crippen molar-refractivity contribution in [2.75, 3.05) is 0 Å². The van der Waals surface area contributed by atoms with Crippen LogP contribution in [0, 0.1) is 12.8 Å². The Morgan fingerprint density at radius 3 is 2.48 bits per heavy atom. The number of piperidine rings is 1. The molecule has 1 aromatic heterocycles. The first kappa shape index (κ1) is 21.7. The number of fused-ring (bicyclic) bond motifs is 2. The zero-order valence-electron chi connectivity index (χ0n) is 18.8. The summed E-state index contributed by atoms with van der Waals surface area (Å²) in [6.07, 6.45) is 10.0. The fraction of sp³-hybridized carbons (Fsp3) is 0.423. The molecule has 2 bridgehead atoms. The number of alkyl halides is 2. The predicted molar refractivity (Wildman–Crippen MR) is 123 cm³/mol. The van der Waals surface area contributed by atoms with E-state index in [0.29, 0.717) is 29.1 Å². The first-order valence-electron chi connectivity index (χ1n) is 10.9. The van der Waals surface area contributed by atoms with Gasteiger partial charge in [0.2, 0.25) is 0 Å². The molecule has 0 aromatic carbocycles. The predicted octanol–water partition coefficient (Wildman–Crippen LogP) is 6.51. The average molecular weight is 424 g/mol. The first-order chi connectivity index (χ1) is 14.6. The molecular formula is C26H31F2N3. The van der Waals surface area contributed by atoms with E-state index < -0.39 is 5.92 Å². The molecule has 0 amide bonds. The highest BCUT2D eigenvalue weighted by Gasteiger charge is 2.45. The number of aromatic amines is 1. The molecule has 1 saturated carbocycles. The molecule has 1 aromatic rings. The minimum absolute atomic E-state index is 0.00136. The van der Waals surface area contributed by atoms with E-state index in [2.05, 4.69) is 23.5 Å². The number of aryl methyl sites for hydroxylation is 1. The number of halogens is 2. The summed E-state index contributed by atoms with van der Waals surface area (Å²) < 4.78 is 30.0. The largest absolute Gasteiger partial charge is 0.344 e. The van der Waals surface area contributed by atoms with Gasteiger partial charge in [-0.2, -0.15) is 8.78 Å². The number of imidazole rings is 1. The van der Waals surface area contributed by atoms with Crippen LogP contribution in [0.4, 0.5) is 8.78 Å². The van der Waals surface area contributed by atoms with Gasteiger partial charge in [-0.3, -0.25) is 0 Å². The number of hydrogen-bond donors (Lipinski definition) is 2. The van der Waals surface area contributed by atoms with Crippen molar-refractivity contribution in [3.05, 3.63) is 82.0 Å². The van der Waals surface area contributed by atoms with Crippen molar-refractivity contribution >= 4 is 6.08 Å². The molecule has 3 atom stereocenters. The van der Waals surface area contributed by atoms with Gasteiger partial charge >= 0.3 is 0 Å². The smallest absolute Gasteiger partial charge is 0.299 e. The molecule has 2 aliphatic carbocycles. The Bertz CT molecular complexity index is 1060. The summed E-state index contributed by atoms with van der Waals surface area (Å²) in [6, 6.07) is 0.910. The molecule has 0 radical (unpaired) electrons. The lowest BCUT2D eigenvalue weighted by molar-refractivity contribution is 0.0948. The maximum Gasteiger partial charge on any atom is 0.299 e. The van der Waals surface area contributed by atoms with Gasteiger partial charge in [0.1, 0.15) is 5.82 Å². The van der Waals surface area contributed by atoms with Gasteiger partial charge in [-0.05, 0) is 87.3 Å². The highest BCUT2D eigenvalue weighted by Crippen LogP contribution is 2.48. The van der Waals surface area contributed by atoms with E-state index in [1.54, 1.807) is 13.0 Å². The zero-order valence-corrected chi connectivity index (χ0v) is 18.8. The molecule has 2 N–H and O–H groups in total. The molecule has 3 aliphatic rings. The van der Waals surface area contributed by atoms with Gasteiger partial charge in [0.15, 0.2) is 0 Å². The van der Waals surface area contributed by atoms with Crippen molar-refractivity contribution in [2.24, 2.45) is 5.92 Å². The van der Waals surface area contributed by atoms with E-state index in [4.69, 9.17) is 4.98 Å². The third-order valence-corrected chi connectivity index (χ3v) is 7.07. The monoisotopic (exact) mass is 423 g/mol. The summed E-state index contributed by atoms with van der Waals surface area (Å²) >= 11 is 0. The second-order valence-electron chi connectivity index (χ2n) is 9.11. The Hall–Kier alpha value is -2.53. The van der Waals surface area contributed by atoms with Gasteiger partial charge in [0.05, 0.1) is 11.7 Å². The van der Waals surface area contributed by atoms with Crippen LogP contribution >= 0.6 is 0 Å². The van der Waals surface area contributed by atoms with Gasteiger partial charge in [0.25, 0.3) is 5.92 Å². The lowest BCUT2D eigenvalue weighted by atomic mass is 9.99. The third-order valence-electron chi connectivity index (χ3n) is 7.07. The number of nitrogens with one attached hydrogen (secondary N) is 2. The molecule has 1 saturated heterocycles. The Morgan fingerprint density at radius 1 is 1.16 bits per heavy atom. The van der Waals surface area contributed by atoms with Crippen LogP contribution in [0.25, 0.3) is 6.08 Å². The molecule has 2 heterocycles. The number of allylic oxidation sites excluding steroid dienone is 9. The van der Waals surface area contributed by atoms with Gasteiger partial charge in [-0.1, -0.05) is 25.3 Å². The Kier molecular flexibility index (Phi) is 5.50. The molecule has 3 unspecified atom stereocenters. The summed E-state index contributed by atoms with van der Waals surface area (Å²) in [5.74, 6) is -1.43. The minimum Gasteiger partial charge on any atom is -0.344 e. The van der Waals surface area contributed by atoms with Crippen molar-refractivity contribution in [3.8, 4) is 0 Å². The van der Waals surface area contributed by atoms with Crippen LogP contribution in [0.5, 0.6) is 0 Å². The first-order valence-corrected chi connectivity index (χ1v) is 10.9. The van der Waals surface area contributed by atoms with Crippen LogP contribution in [0.1, 0.15) is 63.3 Å². The summed E-state index contributed by atoms with van der Waals surface area (Å²) in [5.41, 5.74) is 4.37. The molecule has 164 valence electrons. The molecule has 0 spiro atoms. The van der Waals surface area contributed by atoms with Crippen molar-refractivity contribution in [1.29, 1.82) is 0 Å². The van der Waals surface area contributed by atoms with Crippen LogP contribution in [0.15, 0.2) is 64.8 Å². The second kappa shape index (κ2) is 7.86. The fourth-order valence-corrected chi connectivity index (χ4v) is 5.05. The molecule has 5 heteroatoms. The zero-order chi connectivity index (χ0) is 22.5. The van der Waals surface area contributed by atoms with E-state index in [9.17, 15) is 0 Å². The number of hydrogen-bond acceptors (Lipinski definition) is 2. The third kappa shape index (κ3) is 3.69. The van der Waals surface area contributed by atoms with E-state index in [1.165, 1.54) is 31.4 Å². The van der Waals surface area contributed by atoms with Crippen molar-refractivity contribution < 1.29 is 8.78 Å². The second-order valence-corrected chi connectivity index (χ2v) is 9.11. The number of nitrogens with zero attached hydrogens (tertiary/aromatic N) is 1. The molecule has 2 fully saturated rings. The summed E-state index contributed by atoms with van der Waals surface area (Å²) in [6.45, 7) is 14.9. The van der Waals surface area contributed by atoms with Crippen molar-refractivity contribution in [3.63, 3.8) is 0 Å². The maximum atomic E-state index is 15.0. The van der Waals surface area contributed by atoms with Crippen LogP contribution < -0.4 is 5.32 Å². The molecule has 31 heavy (non-hydrogen) atoms. The standard InChI is InChI=1S/C26H31F2N3/c1-7-8-21-16(4)17(5)22(26(21,27)28)11-14(2)15(3)12-23-18(6)29-25(31-23)24-19-9-10-20(13-19)30-24/h7-8,11-12,19-20,24,30H,1,4,9-10,13H2,2-3,5-6H3,(H,29,31)/b14-11+,15-12+,21-8+. The molecule has 1 aliphatic heterocycles. The van der Waals surface area contributed by atoms with E-state index in [1.807, 2.05) is 26.8 Å². The Balaban J connectivity index is 1.60. The summed E-state index contributed by atoms with van der Waals surface area (Å²) in [7, 11) is 0. The molecule has 3 nitrogen and oxygen atoms in total. The summed E-state index contributed by atoms with van der Waals surface area (Å²) in [4.78, 5) is 8.28. The van der Waals surface area contributed by atoms with E-state index in [0.717, 1.165) is 28.4 Å². The van der Waals surface area contributed by atoms with Gasteiger partial charge in [-0.25, -0.2) is 4.98 Å². The normalized spacial score (nSPS) is 29.5. The van der Waals surface area contributed by atoms with Crippen LogP contribution in [0.3, 0.4) is 0 Å². The number of H-pyrrole nitrogens is 1. The number of aromatic nitrogens is 2. The van der Waals surface area contributed by atoms with Gasteiger partial charge in [-0.15, -0.1) is 0 Å². The molecule has 4 rings (SSSR count). The lowest BCUT2D eigenvalue weighted by Gasteiger charge is -2.20. The Morgan fingerprint density at radius 2 is 1.87 bits per heavy atom. The quantitative estimate of drug-likeness (QED) is 0.530.